The molecule has 25 heavy (non-hydrogen) atoms. The number of nitrogens with zero attached hydrogens (tertiary/aromatic N) is 2. The van der Waals surface area contributed by atoms with Gasteiger partial charge in [-0.15, -0.1) is 0 Å². The largest absolute Gasteiger partial charge is 0.422 e. The van der Waals surface area contributed by atoms with Crippen molar-refractivity contribution in [2.24, 2.45) is 0 Å². The van der Waals surface area contributed by atoms with Gasteiger partial charge in [0.05, 0.1) is 19.3 Å². The maximum atomic E-state index is 12.7. The standard InChI is InChI=1S/C19H17N3O3/c23-18(15-13-14-5-1-2-6-16(14)25-19(15)24)22-11-9-21(10-12-22)17-7-3-4-8-20-17/h1-8,13H,9-12H2/p+1. The van der Waals surface area contributed by atoms with Crippen molar-refractivity contribution in [3.05, 3.63) is 70.7 Å². The third-order valence-corrected chi connectivity index (χ3v) is 4.47. The molecule has 1 aliphatic rings. The number of hydrogen-bond acceptors (Lipinski definition) is 4. The molecule has 0 aliphatic carbocycles. The van der Waals surface area contributed by atoms with Crippen LogP contribution in [-0.4, -0.2) is 37.0 Å². The van der Waals surface area contributed by atoms with Gasteiger partial charge >= 0.3 is 5.63 Å². The summed E-state index contributed by atoms with van der Waals surface area (Å²) in [6, 6.07) is 14.7. The van der Waals surface area contributed by atoms with Gasteiger partial charge in [0.1, 0.15) is 24.2 Å². The third kappa shape index (κ3) is 2.98. The SMILES string of the molecule is O=C(c1cc2ccccc2oc1=O)N1CCN(c2cccc[nH+]2)CC1. The van der Waals surface area contributed by atoms with E-state index in [0.29, 0.717) is 31.8 Å². The summed E-state index contributed by atoms with van der Waals surface area (Å²) in [5.74, 6) is 0.760. The number of benzene rings is 1. The predicted molar refractivity (Wildman–Crippen MR) is 93.6 cm³/mol. The van der Waals surface area contributed by atoms with E-state index in [2.05, 4.69) is 9.88 Å². The first-order valence-electron chi connectivity index (χ1n) is 8.26. The highest BCUT2D eigenvalue weighted by molar-refractivity contribution is 5.96. The minimum Gasteiger partial charge on any atom is -0.422 e. The number of fused-ring (bicyclic) bond motifs is 1. The molecule has 1 aromatic carbocycles. The van der Waals surface area contributed by atoms with Crippen LogP contribution < -0.4 is 15.5 Å². The zero-order valence-corrected chi connectivity index (χ0v) is 13.6. The molecule has 126 valence electrons. The maximum absolute atomic E-state index is 12.7. The number of aromatic nitrogens is 1. The molecule has 1 saturated heterocycles. The van der Waals surface area contributed by atoms with Crippen molar-refractivity contribution >= 4 is 22.7 Å². The fraction of sp³-hybridized carbons (Fsp3) is 0.211. The topological polar surface area (TPSA) is 67.9 Å². The zero-order valence-electron chi connectivity index (χ0n) is 13.6. The number of H-pyrrole nitrogens is 1. The van der Waals surface area contributed by atoms with Crippen LogP contribution in [0, 0.1) is 0 Å². The van der Waals surface area contributed by atoms with Crippen LogP contribution in [0.3, 0.4) is 0 Å². The normalized spacial score (nSPS) is 14.7. The molecule has 0 bridgehead atoms. The van der Waals surface area contributed by atoms with Gasteiger partial charge in [-0.3, -0.25) is 9.69 Å². The fourth-order valence-electron chi connectivity index (χ4n) is 3.11. The number of rotatable bonds is 2. The fourth-order valence-corrected chi connectivity index (χ4v) is 3.11. The van der Waals surface area contributed by atoms with Gasteiger partial charge in [-0.05, 0) is 18.2 Å². The van der Waals surface area contributed by atoms with Crippen LogP contribution in [0.4, 0.5) is 5.82 Å². The van der Waals surface area contributed by atoms with Crippen LogP contribution in [-0.2, 0) is 0 Å². The highest BCUT2D eigenvalue weighted by Crippen LogP contribution is 2.15. The minimum absolute atomic E-state index is 0.0958. The average molecular weight is 336 g/mol. The van der Waals surface area contributed by atoms with Crippen LogP contribution in [0.1, 0.15) is 10.4 Å². The lowest BCUT2D eigenvalue weighted by atomic mass is 10.1. The highest BCUT2D eigenvalue weighted by Gasteiger charge is 2.28. The second-order valence-electron chi connectivity index (χ2n) is 6.01. The quantitative estimate of drug-likeness (QED) is 0.666. The summed E-state index contributed by atoms with van der Waals surface area (Å²) in [6.07, 6.45) is 1.88. The first kappa shape index (κ1) is 15.4. The number of pyridine rings is 1. The molecule has 4 rings (SSSR count). The van der Waals surface area contributed by atoms with E-state index >= 15 is 0 Å². The lowest BCUT2D eigenvalue weighted by Crippen LogP contribution is -2.50. The second-order valence-corrected chi connectivity index (χ2v) is 6.01. The molecular formula is C19H18N3O3+. The van der Waals surface area contributed by atoms with Crippen LogP contribution in [0.5, 0.6) is 0 Å². The van der Waals surface area contributed by atoms with Crippen LogP contribution in [0.2, 0.25) is 0 Å². The van der Waals surface area contributed by atoms with Crippen LogP contribution in [0.25, 0.3) is 11.0 Å². The monoisotopic (exact) mass is 336 g/mol. The van der Waals surface area contributed by atoms with Crippen molar-refractivity contribution in [1.82, 2.24) is 4.90 Å². The Hall–Kier alpha value is -3.15. The maximum Gasteiger partial charge on any atom is 0.349 e. The average Bonchev–Trinajstić information content (AvgIpc) is 2.68. The Morgan fingerprint density at radius 1 is 1.00 bits per heavy atom. The van der Waals surface area contributed by atoms with Crippen molar-refractivity contribution in [2.45, 2.75) is 0 Å². The molecule has 6 nitrogen and oxygen atoms in total. The summed E-state index contributed by atoms with van der Waals surface area (Å²) in [7, 11) is 0. The number of anilines is 1. The molecule has 1 N–H and O–H groups in total. The summed E-state index contributed by atoms with van der Waals surface area (Å²) >= 11 is 0. The van der Waals surface area contributed by atoms with E-state index < -0.39 is 5.63 Å². The van der Waals surface area contributed by atoms with Gasteiger partial charge in [0.25, 0.3) is 11.7 Å². The van der Waals surface area contributed by atoms with E-state index in [4.69, 9.17) is 4.42 Å². The van der Waals surface area contributed by atoms with Gasteiger partial charge < -0.3 is 9.32 Å². The van der Waals surface area contributed by atoms with Crippen molar-refractivity contribution < 1.29 is 14.2 Å². The second kappa shape index (κ2) is 6.39. The number of aromatic amines is 1. The van der Waals surface area contributed by atoms with E-state index in [1.165, 1.54) is 0 Å². The van der Waals surface area contributed by atoms with Crippen molar-refractivity contribution in [3.63, 3.8) is 0 Å². The molecule has 0 spiro atoms. The van der Waals surface area contributed by atoms with Gasteiger partial charge in [-0.2, -0.15) is 0 Å². The summed E-state index contributed by atoms with van der Waals surface area (Å²) in [5.41, 5.74) is 0.00873. The van der Waals surface area contributed by atoms with Crippen molar-refractivity contribution in [3.8, 4) is 0 Å². The number of carbonyl (C=O) groups is 1. The van der Waals surface area contributed by atoms with Crippen LogP contribution in [0.15, 0.2) is 63.9 Å². The minimum atomic E-state index is -0.581. The molecule has 1 amide bonds. The molecule has 6 heteroatoms. The third-order valence-electron chi connectivity index (χ3n) is 4.47. The van der Waals surface area contributed by atoms with E-state index in [1.54, 1.807) is 23.1 Å². The number of para-hydroxylation sites is 1. The number of piperazine rings is 1. The number of carbonyl (C=O) groups excluding carboxylic acids is 1. The molecule has 3 aromatic rings. The van der Waals surface area contributed by atoms with E-state index in [9.17, 15) is 9.59 Å². The summed E-state index contributed by atoms with van der Waals surface area (Å²) in [4.78, 5) is 32.0. The summed E-state index contributed by atoms with van der Waals surface area (Å²) in [5, 5.41) is 0.753. The van der Waals surface area contributed by atoms with Crippen LogP contribution >= 0.6 is 0 Å². The van der Waals surface area contributed by atoms with Crippen molar-refractivity contribution in [1.29, 1.82) is 0 Å². The van der Waals surface area contributed by atoms with Gasteiger partial charge in [0.15, 0.2) is 0 Å². The first-order chi connectivity index (χ1) is 12.2. The molecule has 3 heterocycles. The predicted octanol–water partition coefficient (Wildman–Crippen LogP) is 1.57. The lowest BCUT2D eigenvalue weighted by molar-refractivity contribution is -0.364. The molecule has 0 saturated carbocycles. The molecule has 0 atom stereocenters. The Kier molecular flexibility index (Phi) is 3.93. The smallest absolute Gasteiger partial charge is 0.349 e. The Balaban J connectivity index is 1.53. The number of hydrogen-bond donors (Lipinski definition) is 0. The van der Waals surface area contributed by atoms with Gasteiger partial charge in [0.2, 0.25) is 0 Å². The van der Waals surface area contributed by atoms with E-state index in [-0.39, 0.29) is 11.5 Å². The first-order valence-corrected chi connectivity index (χ1v) is 8.26. The molecule has 0 unspecified atom stereocenters. The highest BCUT2D eigenvalue weighted by atomic mass is 16.4. The lowest BCUT2D eigenvalue weighted by Gasteiger charge is -2.30. The van der Waals surface area contributed by atoms with Gasteiger partial charge in [-0.25, -0.2) is 9.78 Å². The molecular weight excluding hydrogens is 318 g/mol. The molecule has 0 radical (unpaired) electrons. The Morgan fingerprint density at radius 2 is 1.76 bits per heavy atom. The summed E-state index contributed by atoms with van der Waals surface area (Å²) < 4.78 is 5.28. The Bertz CT molecular complexity index is 960. The van der Waals surface area contributed by atoms with E-state index in [0.717, 1.165) is 11.2 Å². The molecule has 2 aromatic heterocycles. The molecule has 1 fully saturated rings. The Morgan fingerprint density at radius 3 is 2.52 bits per heavy atom. The zero-order chi connectivity index (χ0) is 17.2. The van der Waals surface area contributed by atoms with Crippen molar-refractivity contribution in [2.75, 3.05) is 31.1 Å². The van der Waals surface area contributed by atoms with Gasteiger partial charge in [0, 0.05) is 11.5 Å². The number of amides is 1. The Labute approximate surface area is 144 Å². The van der Waals surface area contributed by atoms with Gasteiger partial charge in [-0.1, -0.05) is 24.3 Å². The summed E-state index contributed by atoms with van der Waals surface area (Å²) in [6.45, 7) is 2.55. The van der Waals surface area contributed by atoms with E-state index in [1.807, 2.05) is 36.5 Å². The molecule has 1 aliphatic heterocycles. The number of nitrogens with one attached hydrogen (secondary N) is 1.